The Morgan fingerprint density at radius 3 is 2.32 bits per heavy atom. The van der Waals surface area contributed by atoms with Crippen molar-refractivity contribution in [3.8, 4) is 0 Å². The van der Waals surface area contributed by atoms with Crippen LogP contribution in [0.2, 0.25) is 0 Å². The molecule has 28 heavy (non-hydrogen) atoms. The van der Waals surface area contributed by atoms with Crippen LogP contribution in [0.4, 0.5) is 0 Å². The SMILES string of the molecule is CCCCC[C@H](C)[C@H]1CC[C@]2(C)[C@@H]1CC[C@H]1[C@H]3CC[C@](C)(O)[C@@H](C)[C@@H]3CC[C@@H]12. The van der Waals surface area contributed by atoms with Gasteiger partial charge in [-0.25, -0.2) is 0 Å². The number of fused-ring (bicyclic) bond motifs is 5. The summed E-state index contributed by atoms with van der Waals surface area (Å²) >= 11 is 0. The van der Waals surface area contributed by atoms with E-state index in [4.69, 9.17) is 0 Å². The fraction of sp³-hybridized carbons (Fsp3) is 1.00. The summed E-state index contributed by atoms with van der Waals surface area (Å²) in [5, 5.41) is 10.9. The van der Waals surface area contributed by atoms with Gasteiger partial charge in [-0.2, -0.15) is 0 Å². The Balaban J connectivity index is 1.47. The van der Waals surface area contributed by atoms with Crippen molar-refractivity contribution in [3.63, 3.8) is 0 Å². The van der Waals surface area contributed by atoms with Crippen molar-refractivity contribution >= 4 is 0 Å². The van der Waals surface area contributed by atoms with Crippen LogP contribution in [-0.2, 0) is 0 Å². The van der Waals surface area contributed by atoms with E-state index in [-0.39, 0.29) is 0 Å². The number of rotatable bonds is 5. The van der Waals surface area contributed by atoms with Gasteiger partial charge >= 0.3 is 0 Å². The summed E-state index contributed by atoms with van der Waals surface area (Å²) in [5.74, 6) is 7.09. The van der Waals surface area contributed by atoms with Crippen LogP contribution in [0.1, 0.15) is 112 Å². The van der Waals surface area contributed by atoms with Crippen molar-refractivity contribution in [1.29, 1.82) is 0 Å². The molecule has 0 unspecified atom stereocenters. The molecule has 10 atom stereocenters. The van der Waals surface area contributed by atoms with E-state index in [0.29, 0.717) is 11.3 Å². The van der Waals surface area contributed by atoms with Gasteiger partial charge in [0.05, 0.1) is 5.60 Å². The second kappa shape index (κ2) is 7.90. The van der Waals surface area contributed by atoms with E-state index in [1.54, 1.807) is 0 Å². The van der Waals surface area contributed by atoms with Crippen molar-refractivity contribution in [3.05, 3.63) is 0 Å². The second-order valence-electron chi connectivity index (χ2n) is 12.2. The van der Waals surface area contributed by atoms with Crippen LogP contribution >= 0.6 is 0 Å². The molecule has 0 heterocycles. The van der Waals surface area contributed by atoms with Gasteiger partial charge in [0, 0.05) is 0 Å². The van der Waals surface area contributed by atoms with Crippen LogP contribution in [0.5, 0.6) is 0 Å². The first-order valence-corrected chi connectivity index (χ1v) is 13.0. The smallest absolute Gasteiger partial charge is 0.0648 e. The first kappa shape index (κ1) is 21.2. The minimum Gasteiger partial charge on any atom is -0.390 e. The van der Waals surface area contributed by atoms with E-state index in [1.165, 1.54) is 70.6 Å². The van der Waals surface area contributed by atoms with Crippen molar-refractivity contribution in [2.45, 2.75) is 117 Å². The summed E-state index contributed by atoms with van der Waals surface area (Å²) in [6, 6.07) is 0. The molecule has 0 bridgehead atoms. The molecule has 4 rings (SSSR count). The zero-order valence-corrected chi connectivity index (χ0v) is 19.6. The van der Waals surface area contributed by atoms with Crippen molar-refractivity contribution in [2.24, 2.45) is 52.8 Å². The molecule has 4 aliphatic rings. The third-order valence-electron chi connectivity index (χ3n) is 11.1. The Hall–Kier alpha value is -0.0400. The predicted molar refractivity (Wildman–Crippen MR) is 119 cm³/mol. The summed E-state index contributed by atoms with van der Waals surface area (Å²) in [6.45, 7) is 12.1. The van der Waals surface area contributed by atoms with Gasteiger partial charge in [-0.3, -0.25) is 0 Å². The quantitative estimate of drug-likeness (QED) is 0.484. The van der Waals surface area contributed by atoms with E-state index in [9.17, 15) is 5.11 Å². The zero-order valence-electron chi connectivity index (χ0n) is 19.6. The lowest BCUT2D eigenvalue weighted by atomic mass is 9.46. The van der Waals surface area contributed by atoms with Crippen molar-refractivity contribution < 1.29 is 5.11 Å². The Labute approximate surface area is 175 Å². The minimum absolute atomic E-state index is 0.415. The van der Waals surface area contributed by atoms with Gasteiger partial charge in [0.1, 0.15) is 0 Å². The molecule has 1 nitrogen and oxygen atoms in total. The first-order valence-electron chi connectivity index (χ1n) is 13.0. The largest absolute Gasteiger partial charge is 0.390 e. The molecule has 0 amide bonds. The summed E-state index contributed by atoms with van der Waals surface area (Å²) in [5.41, 5.74) is 0.211. The summed E-state index contributed by atoms with van der Waals surface area (Å²) in [7, 11) is 0. The lowest BCUT2D eigenvalue weighted by Gasteiger charge is -2.59. The molecule has 0 saturated heterocycles. The Morgan fingerprint density at radius 2 is 1.57 bits per heavy atom. The molecule has 1 N–H and O–H groups in total. The van der Waals surface area contributed by atoms with Gasteiger partial charge in [-0.05, 0) is 111 Å². The van der Waals surface area contributed by atoms with Crippen LogP contribution in [0.25, 0.3) is 0 Å². The summed E-state index contributed by atoms with van der Waals surface area (Å²) in [6.07, 6.45) is 16.9. The highest BCUT2D eigenvalue weighted by molar-refractivity contribution is 5.08. The fourth-order valence-electron chi connectivity index (χ4n) is 9.19. The van der Waals surface area contributed by atoms with Crippen molar-refractivity contribution in [2.75, 3.05) is 0 Å². The maximum absolute atomic E-state index is 10.9. The van der Waals surface area contributed by atoms with E-state index in [0.717, 1.165) is 47.8 Å². The molecular formula is C27H48O. The van der Waals surface area contributed by atoms with Crippen LogP contribution < -0.4 is 0 Å². The average molecular weight is 389 g/mol. The molecule has 4 aliphatic carbocycles. The number of hydrogen-bond acceptors (Lipinski definition) is 1. The molecular weight excluding hydrogens is 340 g/mol. The van der Waals surface area contributed by atoms with E-state index < -0.39 is 5.60 Å². The molecule has 0 aromatic carbocycles. The van der Waals surface area contributed by atoms with E-state index in [1.807, 2.05) is 0 Å². The van der Waals surface area contributed by atoms with Gasteiger partial charge in [0.25, 0.3) is 0 Å². The molecule has 0 aliphatic heterocycles. The van der Waals surface area contributed by atoms with Gasteiger partial charge in [0.2, 0.25) is 0 Å². The number of hydrogen-bond donors (Lipinski definition) is 1. The average Bonchev–Trinajstić information content (AvgIpc) is 3.02. The highest BCUT2D eigenvalue weighted by Crippen LogP contribution is 2.66. The molecule has 4 fully saturated rings. The molecule has 1 heteroatoms. The van der Waals surface area contributed by atoms with Gasteiger partial charge in [0.15, 0.2) is 0 Å². The Morgan fingerprint density at radius 1 is 0.857 bits per heavy atom. The molecule has 0 aromatic heterocycles. The molecule has 0 aromatic rings. The monoisotopic (exact) mass is 388 g/mol. The highest BCUT2D eigenvalue weighted by atomic mass is 16.3. The second-order valence-corrected chi connectivity index (χ2v) is 12.2. The third kappa shape index (κ3) is 3.40. The van der Waals surface area contributed by atoms with Crippen LogP contribution in [0.15, 0.2) is 0 Å². The molecule has 0 radical (unpaired) electrons. The first-order chi connectivity index (χ1) is 13.3. The van der Waals surface area contributed by atoms with Crippen LogP contribution in [0.3, 0.4) is 0 Å². The standard InChI is InChI=1S/C27H48O/c1-6-7-8-9-18(2)20-14-16-26(4)24(20)13-11-23-22-15-17-27(5,28)19(3)21(22)10-12-25(23)26/h18-25,28H,6-17H2,1-5H3/t18-,19-,20+,21-,22-,23-,24+,25-,26+,27-/m0/s1. The molecule has 162 valence electrons. The highest BCUT2D eigenvalue weighted by Gasteiger charge is 2.59. The van der Waals surface area contributed by atoms with Gasteiger partial charge in [-0.15, -0.1) is 0 Å². The number of unbranched alkanes of at least 4 members (excludes halogenated alkanes) is 2. The fourth-order valence-corrected chi connectivity index (χ4v) is 9.19. The number of aliphatic hydroxyl groups is 1. The Kier molecular flexibility index (Phi) is 5.98. The van der Waals surface area contributed by atoms with Gasteiger partial charge < -0.3 is 5.11 Å². The van der Waals surface area contributed by atoms with Crippen molar-refractivity contribution in [1.82, 2.24) is 0 Å². The maximum atomic E-state index is 10.9. The Bertz CT molecular complexity index is 538. The zero-order chi connectivity index (χ0) is 20.1. The summed E-state index contributed by atoms with van der Waals surface area (Å²) in [4.78, 5) is 0. The lowest BCUT2D eigenvalue weighted by molar-refractivity contribution is -0.138. The summed E-state index contributed by atoms with van der Waals surface area (Å²) < 4.78 is 0. The topological polar surface area (TPSA) is 20.2 Å². The third-order valence-corrected chi connectivity index (χ3v) is 11.1. The van der Waals surface area contributed by atoms with E-state index in [2.05, 4.69) is 34.6 Å². The molecule has 0 spiro atoms. The lowest BCUT2D eigenvalue weighted by Crippen LogP contribution is -2.54. The van der Waals surface area contributed by atoms with Crippen LogP contribution in [0, 0.1) is 52.8 Å². The normalized spacial score (nSPS) is 51.9. The predicted octanol–water partition coefficient (Wildman–Crippen LogP) is 7.47. The minimum atomic E-state index is -0.415. The maximum Gasteiger partial charge on any atom is 0.0648 e. The van der Waals surface area contributed by atoms with E-state index >= 15 is 0 Å². The van der Waals surface area contributed by atoms with Gasteiger partial charge in [-0.1, -0.05) is 53.4 Å². The molecule has 4 saturated carbocycles. The van der Waals surface area contributed by atoms with Crippen LogP contribution in [-0.4, -0.2) is 10.7 Å².